The van der Waals surface area contributed by atoms with Crippen molar-refractivity contribution in [3.05, 3.63) is 83.2 Å². The van der Waals surface area contributed by atoms with Gasteiger partial charge in [0, 0.05) is 12.2 Å². The number of aromatic nitrogens is 3. The molecule has 3 rings (SSSR count). The van der Waals surface area contributed by atoms with E-state index in [2.05, 4.69) is 41.3 Å². The average Bonchev–Trinajstić information content (AvgIpc) is 3.18. The highest BCUT2D eigenvalue weighted by Gasteiger charge is 2.16. The number of anilines is 1. The summed E-state index contributed by atoms with van der Waals surface area (Å²) in [5, 5.41) is 15.1. The maximum Gasteiger partial charge on any atom is 0.253 e. The number of carbonyl (C=O) groups is 2. The lowest BCUT2D eigenvalue weighted by molar-refractivity contribution is -0.113. The zero-order valence-electron chi connectivity index (χ0n) is 18.5. The van der Waals surface area contributed by atoms with Gasteiger partial charge >= 0.3 is 0 Å². The van der Waals surface area contributed by atoms with Crippen molar-refractivity contribution in [2.45, 2.75) is 38.0 Å². The van der Waals surface area contributed by atoms with Gasteiger partial charge in [-0.1, -0.05) is 73.6 Å². The third-order valence-electron chi connectivity index (χ3n) is 4.82. The second kappa shape index (κ2) is 11.7. The Kier molecular flexibility index (Phi) is 8.68. The van der Waals surface area contributed by atoms with Crippen LogP contribution >= 0.6 is 23.4 Å². The summed E-state index contributed by atoms with van der Waals surface area (Å²) in [4.78, 5) is 25.0. The van der Waals surface area contributed by atoms with E-state index in [4.69, 9.17) is 11.6 Å². The van der Waals surface area contributed by atoms with E-state index in [0.29, 0.717) is 34.0 Å². The highest BCUT2D eigenvalue weighted by molar-refractivity contribution is 7.99. The first-order valence-electron chi connectivity index (χ1n) is 10.5. The SMILES string of the molecule is C=CCn1c(CNC(=O)c2ccccc2Cl)nnc1SCC(=O)Nc1ccccc1C(C)C. The van der Waals surface area contributed by atoms with E-state index < -0.39 is 0 Å². The summed E-state index contributed by atoms with van der Waals surface area (Å²) in [5.41, 5.74) is 2.29. The number of thioether (sulfide) groups is 1. The third kappa shape index (κ3) is 6.46. The van der Waals surface area contributed by atoms with Crippen LogP contribution in [0.3, 0.4) is 0 Å². The normalized spacial score (nSPS) is 10.8. The van der Waals surface area contributed by atoms with Crippen molar-refractivity contribution in [2.75, 3.05) is 11.1 Å². The number of carbonyl (C=O) groups excluding carboxylic acids is 2. The number of allylic oxidation sites excluding steroid dienone is 1. The van der Waals surface area contributed by atoms with E-state index in [1.165, 1.54) is 11.8 Å². The zero-order chi connectivity index (χ0) is 23.8. The molecule has 0 aliphatic carbocycles. The van der Waals surface area contributed by atoms with Crippen LogP contribution in [0.5, 0.6) is 0 Å². The monoisotopic (exact) mass is 483 g/mol. The van der Waals surface area contributed by atoms with Crippen LogP contribution in [0.4, 0.5) is 5.69 Å². The van der Waals surface area contributed by atoms with E-state index in [0.717, 1.165) is 11.3 Å². The van der Waals surface area contributed by atoms with Crippen molar-refractivity contribution in [2.24, 2.45) is 0 Å². The van der Waals surface area contributed by atoms with E-state index in [-0.39, 0.29) is 24.1 Å². The van der Waals surface area contributed by atoms with Crippen molar-refractivity contribution < 1.29 is 9.59 Å². The van der Waals surface area contributed by atoms with Crippen LogP contribution in [-0.4, -0.2) is 32.3 Å². The number of halogens is 1. The largest absolute Gasteiger partial charge is 0.345 e. The van der Waals surface area contributed by atoms with Gasteiger partial charge in [0.15, 0.2) is 11.0 Å². The molecule has 2 amide bonds. The number of para-hydroxylation sites is 1. The summed E-state index contributed by atoms with van der Waals surface area (Å²) >= 11 is 7.37. The predicted molar refractivity (Wildman–Crippen MR) is 133 cm³/mol. The fraction of sp³-hybridized carbons (Fsp3) is 0.250. The molecule has 0 saturated heterocycles. The van der Waals surface area contributed by atoms with Crippen molar-refractivity contribution in [3.8, 4) is 0 Å². The summed E-state index contributed by atoms with van der Waals surface area (Å²) in [6.07, 6.45) is 1.71. The van der Waals surface area contributed by atoms with Gasteiger partial charge in [-0.3, -0.25) is 9.59 Å². The minimum Gasteiger partial charge on any atom is -0.345 e. The number of amides is 2. The molecule has 0 atom stereocenters. The molecule has 0 bridgehead atoms. The number of nitrogens with one attached hydrogen (secondary N) is 2. The number of nitrogens with zero attached hydrogens (tertiary/aromatic N) is 3. The molecule has 0 aliphatic rings. The Balaban J connectivity index is 1.63. The highest BCUT2D eigenvalue weighted by atomic mass is 35.5. The standard InChI is InChI=1S/C24H26ClN5O2S/c1-4-13-30-21(14-26-23(32)18-10-5-7-11-19(18)25)28-29-24(30)33-15-22(31)27-20-12-8-6-9-17(20)16(2)3/h4-12,16H,1,13-15H2,2-3H3,(H,26,32)(H,27,31). The van der Waals surface area contributed by atoms with Gasteiger partial charge in [0.2, 0.25) is 5.91 Å². The van der Waals surface area contributed by atoms with Gasteiger partial charge in [0.25, 0.3) is 5.91 Å². The Labute approximate surface area is 202 Å². The summed E-state index contributed by atoms with van der Waals surface area (Å²) in [6, 6.07) is 14.6. The summed E-state index contributed by atoms with van der Waals surface area (Å²) in [6.45, 7) is 8.57. The molecule has 0 unspecified atom stereocenters. The Morgan fingerprint density at radius 2 is 1.88 bits per heavy atom. The first-order chi connectivity index (χ1) is 15.9. The van der Waals surface area contributed by atoms with E-state index in [9.17, 15) is 9.59 Å². The molecule has 0 fully saturated rings. The van der Waals surface area contributed by atoms with Gasteiger partial charge < -0.3 is 15.2 Å². The van der Waals surface area contributed by atoms with Crippen LogP contribution in [0.1, 0.15) is 41.5 Å². The average molecular weight is 484 g/mol. The van der Waals surface area contributed by atoms with Gasteiger partial charge in [0.1, 0.15) is 0 Å². The maximum atomic E-state index is 12.6. The fourth-order valence-corrected chi connectivity index (χ4v) is 4.19. The lowest BCUT2D eigenvalue weighted by Gasteiger charge is -2.13. The van der Waals surface area contributed by atoms with Crippen LogP contribution in [0, 0.1) is 0 Å². The molecular weight excluding hydrogens is 458 g/mol. The van der Waals surface area contributed by atoms with Gasteiger partial charge in [-0.15, -0.1) is 16.8 Å². The summed E-state index contributed by atoms with van der Waals surface area (Å²) in [7, 11) is 0. The van der Waals surface area contributed by atoms with E-state index in [1.807, 2.05) is 28.8 Å². The lowest BCUT2D eigenvalue weighted by atomic mass is 10.0. The van der Waals surface area contributed by atoms with Gasteiger partial charge in [-0.2, -0.15) is 0 Å². The first-order valence-corrected chi connectivity index (χ1v) is 11.8. The van der Waals surface area contributed by atoms with Crippen molar-refractivity contribution in [1.82, 2.24) is 20.1 Å². The zero-order valence-corrected chi connectivity index (χ0v) is 20.1. The molecule has 0 aliphatic heterocycles. The van der Waals surface area contributed by atoms with Crippen LogP contribution in [0.2, 0.25) is 5.02 Å². The minimum atomic E-state index is -0.300. The minimum absolute atomic E-state index is 0.130. The molecule has 0 spiro atoms. The third-order valence-corrected chi connectivity index (χ3v) is 6.12. The van der Waals surface area contributed by atoms with Crippen LogP contribution in [0.15, 0.2) is 66.3 Å². The highest BCUT2D eigenvalue weighted by Crippen LogP contribution is 2.24. The van der Waals surface area contributed by atoms with Crippen molar-refractivity contribution >= 4 is 40.9 Å². The first kappa shape index (κ1) is 24.5. The Morgan fingerprint density at radius 3 is 2.61 bits per heavy atom. The molecule has 3 aromatic rings. The Hall–Kier alpha value is -3.10. The molecule has 9 heteroatoms. The molecule has 1 aromatic heterocycles. The number of rotatable bonds is 10. The smallest absolute Gasteiger partial charge is 0.253 e. The molecular formula is C24H26ClN5O2S. The van der Waals surface area contributed by atoms with Gasteiger partial charge in [0.05, 0.1) is 22.9 Å². The number of hydrogen-bond acceptors (Lipinski definition) is 5. The topological polar surface area (TPSA) is 88.9 Å². The molecule has 1 heterocycles. The van der Waals surface area contributed by atoms with Gasteiger partial charge in [-0.05, 0) is 29.7 Å². The molecule has 2 aromatic carbocycles. The van der Waals surface area contributed by atoms with Crippen LogP contribution < -0.4 is 10.6 Å². The second-order valence-corrected chi connectivity index (χ2v) is 8.89. The molecule has 172 valence electrons. The predicted octanol–water partition coefficient (Wildman–Crippen LogP) is 4.90. The number of hydrogen-bond donors (Lipinski definition) is 2. The second-order valence-electron chi connectivity index (χ2n) is 7.54. The number of benzene rings is 2. The molecule has 0 saturated carbocycles. The fourth-order valence-electron chi connectivity index (χ4n) is 3.20. The van der Waals surface area contributed by atoms with Gasteiger partial charge in [-0.25, -0.2) is 0 Å². The Bertz CT molecular complexity index is 1150. The van der Waals surface area contributed by atoms with Crippen LogP contribution in [0.25, 0.3) is 0 Å². The van der Waals surface area contributed by atoms with Crippen molar-refractivity contribution in [3.63, 3.8) is 0 Å². The summed E-state index contributed by atoms with van der Waals surface area (Å²) in [5.74, 6) is 0.603. The summed E-state index contributed by atoms with van der Waals surface area (Å²) < 4.78 is 1.82. The molecule has 0 radical (unpaired) electrons. The molecule has 33 heavy (non-hydrogen) atoms. The Morgan fingerprint density at radius 1 is 1.15 bits per heavy atom. The van der Waals surface area contributed by atoms with E-state index in [1.54, 1.807) is 30.3 Å². The lowest BCUT2D eigenvalue weighted by Crippen LogP contribution is -2.25. The molecule has 7 nitrogen and oxygen atoms in total. The van der Waals surface area contributed by atoms with Crippen LogP contribution in [-0.2, 0) is 17.9 Å². The quantitative estimate of drug-likeness (QED) is 0.316. The maximum absolute atomic E-state index is 12.6. The van der Waals surface area contributed by atoms with E-state index >= 15 is 0 Å². The van der Waals surface area contributed by atoms with Crippen molar-refractivity contribution in [1.29, 1.82) is 0 Å². The molecule has 2 N–H and O–H groups in total.